The highest BCUT2D eigenvalue weighted by atomic mass is 35.5. The Balaban J connectivity index is 0.00000220. The van der Waals surface area contributed by atoms with Crippen LogP contribution in [0, 0.1) is 11.7 Å². The molecule has 0 spiro atoms. The van der Waals surface area contributed by atoms with Gasteiger partial charge in [0.05, 0.1) is 6.54 Å². The number of aromatic nitrogens is 3. The van der Waals surface area contributed by atoms with E-state index >= 15 is 0 Å². The molecule has 1 aromatic heterocycles. The van der Waals surface area contributed by atoms with Crippen molar-refractivity contribution in [3.05, 3.63) is 35.9 Å². The Morgan fingerprint density at radius 1 is 1.33 bits per heavy atom. The molecule has 2 aromatic rings. The van der Waals surface area contributed by atoms with Gasteiger partial charge in [-0.2, -0.15) is 0 Å². The molecule has 0 saturated carbocycles. The van der Waals surface area contributed by atoms with E-state index in [4.69, 9.17) is 10.8 Å². The van der Waals surface area contributed by atoms with Crippen molar-refractivity contribution in [3.63, 3.8) is 0 Å². The van der Waals surface area contributed by atoms with E-state index in [-0.39, 0.29) is 37.3 Å². The lowest BCUT2D eigenvalue weighted by Crippen LogP contribution is -2.09. The van der Waals surface area contributed by atoms with Gasteiger partial charge in [0.15, 0.2) is 11.0 Å². The van der Waals surface area contributed by atoms with E-state index in [0.29, 0.717) is 11.0 Å². The predicted octanol–water partition coefficient (Wildman–Crippen LogP) is 2.01. The summed E-state index contributed by atoms with van der Waals surface area (Å²) in [6.45, 7) is 2.33. The largest absolute Gasteiger partial charge is 0.396 e. The van der Waals surface area contributed by atoms with E-state index < -0.39 is 0 Å². The summed E-state index contributed by atoms with van der Waals surface area (Å²) in [5.41, 5.74) is 6.44. The van der Waals surface area contributed by atoms with Crippen molar-refractivity contribution in [3.8, 4) is 5.69 Å². The molecule has 21 heavy (non-hydrogen) atoms. The number of thioether (sulfide) groups is 1. The van der Waals surface area contributed by atoms with Gasteiger partial charge >= 0.3 is 0 Å². The second-order valence-electron chi connectivity index (χ2n) is 4.51. The van der Waals surface area contributed by atoms with Gasteiger partial charge in [0, 0.05) is 18.0 Å². The normalized spacial score (nSPS) is 12.0. The fraction of sp³-hybridized carbons (Fsp3) is 0.385. The van der Waals surface area contributed by atoms with Gasteiger partial charge in [0.2, 0.25) is 0 Å². The average molecular weight is 333 g/mol. The predicted molar refractivity (Wildman–Crippen MR) is 83.4 cm³/mol. The van der Waals surface area contributed by atoms with Gasteiger partial charge in [0.25, 0.3) is 0 Å². The van der Waals surface area contributed by atoms with Crippen molar-refractivity contribution in [1.82, 2.24) is 14.8 Å². The molecule has 0 aliphatic rings. The highest BCUT2D eigenvalue weighted by molar-refractivity contribution is 7.99. The molecule has 0 unspecified atom stereocenters. The minimum atomic E-state index is -0.292. The van der Waals surface area contributed by atoms with Gasteiger partial charge in [-0.15, -0.1) is 22.6 Å². The van der Waals surface area contributed by atoms with Crippen LogP contribution >= 0.6 is 24.2 Å². The lowest BCUT2D eigenvalue weighted by Gasteiger charge is -2.10. The van der Waals surface area contributed by atoms with E-state index in [1.165, 1.54) is 23.9 Å². The lowest BCUT2D eigenvalue weighted by molar-refractivity contribution is 0.250. The maximum Gasteiger partial charge on any atom is 0.195 e. The Kier molecular flexibility index (Phi) is 7.10. The van der Waals surface area contributed by atoms with Crippen molar-refractivity contribution < 1.29 is 9.50 Å². The van der Waals surface area contributed by atoms with Crippen molar-refractivity contribution >= 4 is 24.2 Å². The molecule has 2 rings (SSSR count). The van der Waals surface area contributed by atoms with Crippen LogP contribution in [0.3, 0.4) is 0 Å². The van der Waals surface area contributed by atoms with E-state index in [0.717, 1.165) is 11.4 Å². The third-order valence-corrected chi connectivity index (χ3v) is 4.03. The van der Waals surface area contributed by atoms with Gasteiger partial charge in [-0.05, 0) is 30.2 Å². The molecule has 5 nitrogen and oxygen atoms in total. The Hall–Kier alpha value is -1.15. The van der Waals surface area contributed by atoms with Crippen LogP contribution in [0.15, 0.2) is 29.4 Å². The van der Waals surface area contributed by atoms with Crippen LogP contribution in [-0.2, 0) is 6.54 Å². The summed E-state index contributed by atoms with van der Waals surface area (Å²) in [6, 6.07) is 6.11. The zero-order chi connectivity index (χ0) is 14.5. The van der Waals surface area contributed by atoms with Crippen molar-refractivity contribution in [2.75, 3.05) is 12.4 Å². The Morgan fingerprint density at radius 3 is 2.57 bits per heavy atom. The molecule has 116 valence electrons. The molecular formula is C13H18ClFN4OS. The van der Waals surface area contributed by atoms with Gasteiger partial charge < -0.3 is 10.8 Å². The average Bonchev–Trinajstić information content (AvgIpc) is 2.88. The highest BCUT2D eigenvalue weighted by Crippen LogP contribution is 2.23. The number of benzene rings is 1. The monoisotopic (exact) mass is 332 g/mol. The van der Waals surface area contributed by atoms with E-state index in [1.54, 1.807) is 12.1 Å². The quantitative estimate of drug-likeness (QED) is 0.791. The third-order valence-electron chi connectivity index (χ3n) is 2.78. The van der Waals surface area contributed by atoms with Gasteiger partial charge in [0.1, 0.15) is 5.82 Å². The molecule has 0 aliphatic carbocycles. The molecule has 1 atom stereocenters. The Morgan fingerprint density at radius 2 is 2.00 bits per heavy atom. The molecule has 0 radical (unpaired) electrons. The number of hydrogen-bond donors (Lipinski definition) is 2. The molecule has 1 aromatic carbocycles. The maximum absolute atomic E-state index is 13.0. The second kappa shape index (κ2) is 8.33. The zero-order valence-electron chi connectivity index (χ0n) is 11.6. The van der Waals surface area contributed by atoms with Crippen LogP contribution in [0.1, 0.15) is 12.7 Å². The van der Waals surface area contributed by atoms with Crippen LogP contribution in [-0.4, -0.2) is 32.2 Å². The summed E-state index contributed by atoms with van der Waals surface area (Å²) in [6.07, 6.45) is 0. The number of nitrogens with two attached hydrogens (primary N) is 1. The van der Waals surface area contributed by atoms with Crippen LogP contribution in [0.25, 0.3) is 5.69 Å². The summed E-state index contributed by atoms with van der Waals surface area (Å²) in [7, 11) is 0. The van der Waals surface area contributed by atoms with Crippen LogP contribution < -0.4 is 5.73 Å². The molecule has 0 saturated heterocycles. The zero-order valence-corrected chi connectivity index (χ0v) is 13.2. The SMILES string of the molecule is C[C@@H](CO)CSc1nnc(CN)n1-c1ccc(F)cc1.Cl. The maximum atomic E-state index is 13.0. The fourth-order valence-electron chi connectivity index (χ4n) is 1.64. The van der Waals surface area contributed by atoms with Crippen LogP contribution in [0.4, 0.5) is 4.39 Å². The first-order valence-corrected chi connectivity index (χ1v) is 7.28. The molecule has 0 bridgehead atoms. The van der Waals surface area contributed by atoms with E-state index in [1.807, 2.05) is 11.5 Å². The topological polar surface area (TPSA) is 77.0 Å². The summed E-state index contributed by atoms with van der Waals surface area (Å²) in [5.74, 6) is 1.22. The summed E-state index contributed by atoms with van der Waals surface area (Å²) in [4.78, 5) is 0. The lowest BCUT2D eigenvalue weighted by atomic mass is 10.2. The standard InChI is InChI=1S/C13H17FN4OS.ClH/c1-9(7-19)8-20-13-17-16-12(6-15)18(13)11-4-2-10(14)3-5-11;/h2-5,9,19H,6-8,15H2,1H3;1H/t9-;/m0./s1. The smallest absolute Gasteiger partial charge is 0.195 e. The number of aliphatic hydroxyl groups is 1. The fourth-order valence-corrected chi connectivity index (χ4v) is 2.62. The molecule has 8 heteroatoms. The van der Waals surface area contributed by atoms with Gasteiger partial charge in [-0.1, -0.05) is 18.7 Å². The first kappa shape index (κ1) is 17.9. The highest BCUT2D eigenvalue weighted by Gasteiger charge is 2.14. The third kappa shape index (κ3) is 4.41. The second-order valence-corrected chi connectivity index (χ2v) is 5.50. The molecule has 0 aliphatic heterocycles. The number of aliphatic hydroxyl groups excluding tert-OH is 1. The number of rotatable bonds is 6. The Labute approximate surface area is 133 Å². The van der Waals surface area contributed by atoms with E-state index in [2.05, 4.69) is 10.2 Å². The Bertz CT molecular complexity index is 564. The van der Waals surface area contributed by atoms with Crippen molar-refractivity contribution in [1.29, 1.82) is 0 Å². The summed E-state index contributed by atoms with van der Waals surface area (Å²) in [5, 5.41) is 17.9. The molecule has 1 heterocycles. The van der Waals surface area contributed by atoms with E-state index in [9.17, 15) is 4.39 Å². The van der Waals surface area contributed by atoms with Crippen LogP contribution in [0.2, 0.25) is 0 Å². The molecule has 0 fully saturated rings. The van der Waals surface area contributed by atoms with Gasteiger partial charge in [-0.25, -0.2) is 4.39 Å². The minimum Gasteiger partial charge on any atom is -0.396 e. The van der Waals surface area contributed by atoms with Crippen molar-refractivity contribution in [2.45, 2.75) is 18.6 Å². The number of halogens is 2. The minimum absolute atomic E-state index is 0. The molecular weight excluding hydrogens is 315 g/mol. The van der Waals surface area contributed by atoms with Crippen molar-refractivity contribution in [2.24, 2.45) is 11.7 Å². The summed E-state index contributed by atoms with van der Waals surface area (Å²) < 4.78 is 14.8. The number of hydrogen-bond acceptors (Lipinski definition) is 5. The summed E-state index contributed by atoms with van der Waals surface area (Å²) >= 11 is 1.50. The van der Waals surface area contributed by atoms with Crippen LogP contribution in [0.5, 0.6) is 0 Å². The molecule has 0 amide bonds. The van der Waals surface area contributed by atoms with Gasteiger partial charge in [-0.3, -0.25) is 4.57 Å². The first-order valence-electron chi connectivity index (χ1n) is 6.29. The molecule has 3 N–H and O–H groups in total. The first-order chi connectivity index (χ1) is 9.65. The number of nitrogens with zero attached hydrogens (tertiary/aromatic N) is 3.